The fourth-order valence-corrected chi connectivity index (χ4v) is 0.505. The predicted molar refractivity (Wildman–Crippen MR) is 34.1 cm³/mol. The van der Waals surface area contributed by atoms with Gasteiger partial charge in [0, 0.05) is 0 Å². The summed E-state index contributed by atoms with van der Waals surface area (Å²) in [5.74, 6) is 0. The Morgan fingerprint density at radius 3 is 2.57 bits per heavy atom. The second-order valence-corrected chi connectivity index (χ2v) is 1.56. The van der Waals surface area contributed by atoms with Crippen LogP contribution >= 0.6 is 12.6 Å². The summed E-state index contributed by atoms with van der Waals surface area (Å²) in [6.45, 7) is 3.52. The Balaban J connectivity index is 2.88. The maximum Gasteiger partial charge on any atom is 0.185 e. The Kier molecular flexibility index (Phi) is 0.982. The van der Waals surface area contributed by atoms with E-state index in [0.29, 0.717) is 10.9 Å². The van der Waals surface area contributed by atoms with Crippen LogP contribution in [-0.2, 0) is 0 Å². The zero-order chi connectivity index (χ0) is 5.28. The number of amidine groups is 1. The minimum absolute atomic E-state index is 0.491. The molecule has 0 aromatic rings. The van der Waals surface area contributed by atoms with Crippen LogP contribution in [-0.4, -0.2) is 11.4 Å². The van der Waals surface area contributed by atoms with Crippen molar-refractivity contribution in [1.82, 2.24) is 0 Å². The van der Waals surface area contributed by atoms with E-state index in [1.807, 2.05) is 0 Å². The Labute approximate surface area is 47.1 Å². The molecule has 0 fully saturated rings. The lowest BCUT2D eigenvalue weighted by atomic mass is 10.6. The maximum absolute atomic E-state index is 3.84. The average Bonchev–Trinajstić information content (AvgIpc) is 1.87. The molecule has 7 heavy (non-hydrogen) atoms. The summed E-state index contributed by atoms with van der Waals surface area (Å²) in [7, 11) is 0. The van der Waals surface area contributed by atoms with Gasteiger partial charge in [0.25, 0.3) is 0 Å². The van der Waals surface area contributed by atoms with E-state index < -0.39 is 0 Å². The number of hydrogen-bond donors (Lipinski definition) is 1. The summed E-state index contributed by atoms with van der Waals surface area (Å²) in [5.41, 5.74) is 0.671. The molecule has 0 aromatic heterocycles. The summed E-state index contributed by atoms with van der Waals surface area (Å²) < 4.78 is 0. The summed E-state index contributed by atoms with van der Waals surface area (Å²) in [5, 5.41) is 0.491. The smallest absolute Gasteiger partial charge is 0.185 e. The summed E-state index contributed by atoms with van der Waals surface area (Å²) in [6.07, 6.45) is 1.57. The number of nitrogens with zero attached hydrogens (tertiary/aromatic N) is 2. The minimum Gasteiger partial charge on any atom is -0.229 e. The van der Waals surface area contributed by atoms with Crippen molar-refractivity contribution >= 4 is 24.0 Å². The summed E-state index contributed by atoms with van der Waals surface area (Å²) in [4.78, 5) is 7.46. The Hall–Kier alpha value is -0.570. The van der Waals surface area contributed by atoms with Crippen LogP contribution in [0.4, 0.5) is 0 Å². The molecule has 1 heterocycles. The zero-order valence-corrected chi connectivity index (χ0v) is 4.52. The van der Waals surface area contributed by atoms with Gasteiger partial charge in [0.2, 0.25) is 0 Å². The molecule has 0 radical (unpaired) electrons. The van der Waals surface area contributed by atoms with Crippen LogP contribution in [0.2, 0.25) is 0 Å². The number of allylic oxidation sites excluding steroid dienone is 1. The van der Waals surface area contributed by atoms with E-state index in [1.165, 1.54) is 0 Å². The molecule has 0 bridgehead atoms. The van der Waals surface area contributed by atoms with Crippen LogP contribution < -0.4 is 0 Å². The van der Waals surface area contributed by atoms with Gasteiger partial charge in [0.05, 0.1) is 11.9 Å². The van der Waals surface area contributed by atoms with Gasteiger partial charge in [-0.15, -0.1) is 12.6 Å². The molecule has 0 aliphatic carbocycles. The third-order valence-corrected chi connectivity index (χ3v) is 0.788. The molecule has 1 aliphatic rings. The first-order valence-electron chi connectivity index (χ1n) is 1.79. The first-order chi connectivity index (χ1) is 3.29. The van der Waals surface area contributed by atoms with Gasteiger partial charge in [0.15, 0.2) is 5.17 Å². The predicted octanol–water partition coefficient (Wildman–Crippen LogP) is 0.870. The lowest BCUT2D eigenvalue weighted by molar-refractivity contribution is 1.56. The topological polar surface area (TPSA) is 24.7 Å². The van der Waals surface area contributed by atoms with Crippen molar-refractivity contribution < 1.29 is 0 Å². The number of rotatable bonds is 0. The molecule has 1 rings (SSSR count). The van der Waals surface area contributed by atoms with E-state index in [1.54, 1.807) is 6.21 Å². The highest BCUT2D eigenvalue weighted by Crippen LogP contribution is 2.01. The lowest BCUT2D eigenvalue weighted by Crippen LogP contribution is -1.67. The zero-order valence-electron chi connectivity index (χ0n) is 3.63. The van der Waals surface area contributed by atoms with Crippen molar-refractivity contribution in [1.29, 1.82) is 0 Å². The van der Waals surface area contributed by atoms with E-state index in [-0.39, 0.29) is 0 Å². The second kappa shape index (κ2) is 1.50. The van der Waals surface area contributed by atoms with E-state index in [4.69, 9.17) is 0 Å². The number of aliphatic imine (C=N–C) groups is 2. The highest BCUT2D eigenvalue weighted by Gasteiger charge is 1.94. The normalized spacial score (nSPS) is 17.9. The molecule has 36 valence electrons. The van der Waals surface area contributed by atoms with Gasteiger partial charge in [-0.1, -0.05) is 6.58 Å². The van der Waals surface area contributed by atoms with Crippen LogP contribution in [0.25, 0.3) is 0 Å². The van der Waals surface area contributed by atoms with Gasteiger partial charge < -0.3 is 0 Å². The average molecular weight is 112 g/mol. The molecule has 1 aliphatic heterocycles. The molecule has 0 saturated carbocycles. The quantitative estimate of drug-likeness (QED) is 0.450. The Morgan fingerprint density at radius 1 is 1.71 bits per heavy atom. The number of hydrogen-bond acceptors (Lipinski definition) is 2. The van der Waals surface area contributed by atoms with Crippen LogP contribution in [0.3, 0.4) is 0 Å². The molecule has 0 unspecified atom stereocenters. The largest absolute Gasteiger partial charge is 0.229 e. The standard InChI is InChI=1S/C4H4N2S/c1-3-2-5-4(7)6-3/h2H,1H2,(H,6,7). The Bertz CT molecular complexity index is 157. The van der Waals surface area contributed by atoms with Crippen molar-refractivity contribution in [3.8, 4) is 0 Å². The van der Waals surface area contributed by atoms with Crippen molar-refractivity contribution in [3.63, 3.8) is 0 Å². The van der Waals surface area contributed by atoms with Gasteiger partial charge in [-0.05, 0) is 0 Å². The molecule has 2 nitrogen and oxygen atoms in total. The van der Waals surface area contributed by atoms with E-state index in [9.17, 15) is 0 Å². The third kappa shape index (κ3) is 0.899. The molecule has 0 amide bonds. The number of thiol groups is 1. The van der Waals surface area contributed by atoms with Crippen LogP contribution in [0.15, 0.2) is 22.3 Å². The monoisotopic (exact) mass is 112 g/mol. The van der Waals surface area contributed by atoms with E-state index in [0.717, 1.165) is 0 Å². The molecule has 0 atom stereocenters. The summed E-state index contributed by atoms with van der Waals surface area (Å²) in [6, 6.07) is 0. The molecule has 0 aromatic carbocycles. The van der Waals surface area contributed by atoms with Crippen LogP contribution in [0.1, 0.15) is 0 Å². The first kappa shape index (κ1) is 4.59. The van der Waals surface area contributed by atoms with Crippen molar-refractivity contribution in [2.24, 2.45) is 9.98 Å². The van der Waals surface area contributed by atoms with Crippen LogP contribution in [0, 0.1) is 0 Å². The van der Waals surface area contributed by atoms with Gasteiger partial charge in [-0.2, -0.15) is 0 Å². The first-order valence-corrected chi connectivity index (χ1v) is 2.24. The van der Waals surface area contributed by atoms with E-state index >= 15 is 0 Å². The molecular weight excluding hydrogens is 108 g/mol. The van der Waals surface area contributed by atoms with Crippen LogP contribution in [0.5, 0.6) is 0 Å². The molecule has 0 spiro atoms. The van der Waals surface area contributed by atoms with Gasteiger partial charge in [-0.3, -0.25) is 0 Å². The van der Waals surface area contributed by atoms with Gasteiger partial charge >= 0.3 is 0 Å². The van der Waals surface area contributed by atoms with Gasteiger partial charge in [-0.25, -0.2) is 9.98 Å². The fraction of sp³-hybridized carbons (Fsp3) is 0. The maximum atomic E-state index is 3.84. The Morgan fingerprint density at radius 2 is 2.43 bits per heavy atom. The third-order valence-electron chi connectivity index (χ3n) is 0.573. The highest BCUT2D eigenvalue weighted by molar-refractivity contribution is 7.97. The van der Waals surface area contributed by atoms with Crippen molar-refractivity contribution in [2.45, 2.75) is 0 Å². The van der Waals surface area contributed by atoms with Gasteiger partial charge in [0.1, 0.15) is 0 Å². The second-order valence-electron chi connectivity index (χ2n) is 1.16. The fourth-order valence-electron chi connectivity index (χ4n) is 0.318. The molecule has 0 saturated heterocycles. The minimum atomic E-state index is 0.491. The lowest BCUT2D eigenvalue weighted by Gasteiger charge is -1.73. The SMILES string of the molecule is C=C1C=NC(S)=N1. The van der Waals surface area contributed by atoms with Crippen molar-refractivity contribution in [2.75, 3.05) is 0 Å². The van der Waals surface area contributed by atoms with Crippen molar-refractivity contribution in [3.05, 3.63) is 12.3 Å². The molecular formula is C4H4N2S. The highest BCUT2D eigenvalue weighted by atomic mass is 32.1. The van der Waals surface area contributed by atoms with E-state index in [2.05, 4.69) is 29.2 Å². The summed E-state index contributed by atoms with van der Waals surface area (Å²) >= 11 is 3.84. The molecule has 0 N–H and O–H groups in total. The molecule has 3 heteroatoms.